The van der Waals surface area contributed by atoms with Crippen molar-refractivity contribution < 1.29 is 73.1 Å². The molecule has 269 valence electrons. The Morgan fingerprint density at radius 2 is 0.857 bits per heavy atom. The fraction of sp³-hybridized carbons (Fsp3) is 0.353. The molecule has 0 saturated heterocycles. The number of carboxylic acid groups (broad SMARTS) is 2. The van der Waals surface area contributed by atoms with Crippen LogP contribution in [-0.4, -0.2) is 34.6 Å². The molecule has 8 nitrogen and oxygen atoms in total. The molecule has 0 aliphatic carbocycles. The zero-order valence-corrected chi connectivity index (χ0v) is 28.8. The number of aliphatic carboxylic acids is 2. The van der Waals surface area contributed by atoms with Crippen molar-refractivity contribution in [1.29, 1.82) is 0 Å². The predicted octanol–water partition coefficient (Wildman–Crippen LogP) is 6.74. The maximum Gasteiger partial charge on any atom is 2.00 e. The summed E-state index contributed by atoms with van der Waals surface area (Å²) < 4.78 is 80.7. The van der Waals surface area contributed by atoms with E-state index in [1.807, 2.05) is 0 Å². The van der Waals surface area contributed by atoms with Crippen molar-refractivity contribution in [2.75, 3.05) is 0 Å². The van der Waals surface area contributed by atoms with Crippen LogP contribution in [0.1, 0.15) is 88.8 Å². The standard InChI is InChI=1S/C30H30F6N2O2.2C2H4O2.Co/c1-27(2,3)23-13-19(29(31,32)33)11-17(25(23)39)15-37-21-7-9-22(10-8-21)38-16-18-12-20(30(34,35)36)14-24(26(18)40)28(4,5)6;2*1-2(3)4;/h7-16,39-40H,1-6H3;2*1H3,(H,3,4);/q;;;+2/p-2. The summed E-state index contributed by atoms with van der Waals surface area (Å²) in [4.78, 5) is 26.1. The molecule has 49 heavy (non-hydrogen) atoms. The largest absolute Gasteiger partial charge is 2.00 e. The molecule has 0 bridgehead atoms. The van der Waals surface area contributed by atoms with Gasteiger partial charge in [-0.05, 0) is 73.2 Å². The Labute approximate surface area is 290 Å². The van der Waals surface area contributed by atoms with Gasteiger partial charge in [0.25, 0.3) is 0 Å². The Morgan fingerprint density at radius 1 is 0.612 bits per heavy atom. The van der Waals surface area contributed by atoms with Crippen LogP contribution >= 0.6 is 0 Å². The Balaban J connectivity index is 0.00000230. The first-order chi connectivity index (χ1) is 21.6. The van der Waals surface area contributed by atoms with E-state index in [4.69, 9.17) is 19.8 Å². The number of phenols is 2. The van der Waals surface area contributed by atoms with Gasteiger partial charge in [-0.3, -0.25) is 9.98 Å². The molecule has 0 fully saturated rings. The summed E-state index contributed by atoms with van der Waals surface area (Å²) in [5, 5.41) is 39.0. The van der Waals surface area contributed by atoms with Crippen molar-refractivity contribution >= 4 is 35.7 Å². The van der Waals surface area contributed by atoms with Crippen molar-refractivity contribution in [2.45, 2.75) is 78.6 Å². The van der Waals surface area contributed by atoms with Gasteiger partial charge in [0.2, 0.25) is 0 Å². The first-order valence-corrected chi connectivity index (χ1v) is 14.1. The number of aliphatic imine (C=N–C) groups is 2. The first kappa shape index (κ1) is 44.6. The number of halogens is 6. The predicted molar refractivity (Wildman–Crippen MR) is 166 cm³/mol. The quantitative estimate of drug-likeness (QED) is 0.224. The van der Waals surface area contributed by atoms with Gasteiger partial charge in [0.1, 0.15) is 11.5 Å². The Hall–Kier alpha value is -4.37. The molecular formula is C34H36CoF6N2O6. The van der Waals surface area contributed by atoms with Crippen LogP contribution in [0.2, 0.25) is 0 Å². The van der Waals surface area contributed by atoms with E-state index >= 15 is 0 Å². The van der Waals surface area contributed by atoms with Crippen molar-refractivity contribution in [2.24, 2.45) is 9.98 Å². The molecule has 2 N–H and O–H groups in total. The van der Waals surface area contributed by atoms with E-state index in [2.05, 4.69) is 9.98 Å². The third kappa shape index (κ3) is 14.7. The normalized spacial score (nSPS) is 12.0. The topological polar surface area (TPSA) is 145 Å². The van der Waals surface area contributed by atoms with Gasteiger partial charge in [0, 0.05) is 46.6 Å². The molecule has 0 saturated carbocycles. The summed E-state index contributed by atoms with van der Waals surface area (Å²) in [6, 6.07) is 9.50. The van der Waals surface area contributed by atoms with Gasteiger partial charge in [0.15, 0.2) is 0 Å². The van der Waals surface area contributed by atoms with Crippen LogP contribution in [0.3, 0.4) is 0 Å². The number of rotatable bonds is 4. The fourth-order valence-electron chi connectivity index (χ4n) is 3.89. The third-order valence-corrected chi connectivity index (χ3v) is 6.10. The van der Waals surface area contributed by atoms with Gasteiger partial charge in [-0.25, -0.2) is 0 Å². The third-order valence-electron chi connectivity index (χ3n) is 6.10. The number of hydrogen-bond acceptors (Lipinski definition) is 8. The van der Waals surface area contributed by atoms with Gasteiger partial charge in [-0.15, -0.1) is 0 Å². The number of alkyl halides is 6. The van der Waals surface area contributed by atoms with Crippen LogP contribution in [0, 0.1) is 0 Å². The van der Waals surface area contributed by atoms with E-state index in [1.165, 1.54) is 24.3 Å². The summed E-state index contributed by atoms with van der Waals surface area (Å²) in [6.45, 7) is 12.1. The Morgan fingerprint density at radius 3 is 1.06 bits per heavy atom. The maximum absolute atomic E-state index is 13.4. The van der Waals surface area contributed by atoms with Crippen LogP contribution in [0.4, 0.5) is 37.7 Å². The summed E-state index contributed by atoms with van der Waals surface area (Å²) in [5.74, 6) is -2.78. The number of carboxylic acids is 2. The average Bonchev–Trinajstić information content (AvgIpc) is 2.89. The number of benzene rings is 3. The number of carbonyl (C=O) groups excluding carboxylic acids is 2. The minimum Gasteiger partial charge on any atom is -0.550 e. The fourth-order valence-corrected chi connectivity index (χ4v) is 3.89. The second-order valence-corrected chi connectivity index (χ2v) is 12.4. The summed E-state index contributed by atoms with van der Waals surface area (Å²) in [7, 11) is 0. The average molecular weight is 742 g/mol. The van der Waals surface area contributed by atoms with Gasteiger partial charge >= 0.3 is 29.1 Å². The number of nitrogens with zero attached hydrogens (tertiary/aromatic N) is 2. The maximum atomic E-state index is 13.4. The van der Waals surface area contributed by atoms with Crippen LogP contribution in [0.5, 0.6) is 11.5 Å². The van der Waals surface area contributed by atoms with Crippen molar-refractivity contribution in [3.05, 3.63) is 81.9 Å². The molecule has 1 radical (unpaired) electrons. The smallest absolute Gasteiger partial charge is 0.550 e. The van der Waals surface area contributed by atoms with Crippen LogP contribution < -0.4 is 10.2 Å². The number of carbonyl (C=O) groups is 2. The van der Waals surface area contributed by atoms with Crippen LogP contribution in [0.15, 0.2) is 58.5 Å². The molecule has 3 aromatic carbocycles. The molecule has 0 spiro atoms. The molecule has 0 aromatic heterocycles. The monoisotopic (exact) mass is 741 g/mol. The van der Waals surface area contributed by atoms with Crippen molar-refractivity contribution in [3.8, 4) is 11.5 Å². The second kappa shape index (κ2) is 17.3. The van der Waals surface area contributed by atoms with Gasteiger partial charge in [-0.2, -0.15) is 26.3 Å². The van der Waals surface area contributed by atoms with Crippen molar-refractivity contribution in [3.63, 3.8) is 0 Å². The molecule has 3 aromatic rings. The number of phenolic OH excluding ortho intramolecular Hbond substituents is 2. The molecule has 3 rings (SSSR count). The first-order valence-electron chi connectivity index (χ1n) is 14.1. The number of hydrogen-bond donors (Lipinski definition) is 2. The van der Waals surface area contributed by atoms with E-state index in [0.717, 1.165) is 50.5 Å². The molecule has 0 aliphatic rings. The Bertz CT molecular complexity index is 1520. The number of aromatic hydroxyl groups is 2. The second-order valence-electron chi connectivity index (χ2n) is 12.4. The zero-order valence-electron chi connectivity index (χ0n) is 27.8. The van der Waals surface area contributed by atoms with Crippen LogP contribution in [-0.2, 0) is 49.6 Å². The summed E-state index contributed by atoms with van der Waals surface area (Å²) in [6.07, 6.45) is -6.96. The van der Waals surface area contributed by atoms with E-state index in [9.17, 15) is 36.6 Å². The minimum absolute atomic E-state index is 0. The summed E-state index contributed by atoms with van der Waals surface area (Å²) in [5.41, 5.74) is -2.60. The molecule has 0 heterocycles. The van der Waals surface area contributed by atoms with Gasteiger partial charge in [0.05, 0.1) is 22.5 Å². The van der Waals surface area contributed by atoms with Gasteiger partial charge < -0.3 is 30.0 Å². The minimum atomic E-state index is -4.61. The molecule has 0 atom stereocenters. The molecule has 0 aliphatic heterocycles. The van der Waals surface area contributed by atoms with E-state index in [1.54, 1.807) is 41.5 Å². The molecular weight excluding hydrogens is 705 g/mol. The SMILES string of the molecule is CC(=O)[O-].CC(=O)[O-].CC(C)(C)c1cc(C(F)(F)F)cc(C=Nc2ccc(N=Cc3cc(C(F)(F)F)cc(C(C)(C)C)c3O)cc2)c1O.[Co+2]. The van der Waals surface area contributed by atoms with E-state index in [-0.39, 0.29) is 50.5 Å². The molecule has 15 heteroatoms. The van der Waals surface area contributed by atoms with E-state index in [0.29, 0.717) is 11.4 Å². The molecule has 0 unspecified atom stereocenters. The summed E-state index contributed by atoms with van der Waals surface area (Å²) >= 11 is 0. The van der Waals surface area contributed by atoms with Crippen LogP contribution in [0.25, 0.3) is 0 Å². The zero-order chi connectivity index (χ0) is 37.4. The van der Waals surface area contributed by atoms with Crippen molar-refractivity contribution in [1.82, 2.24) is 0 Å². The molecule has 0 amide bonds. The van der Waals surface area contributed by atoms with E-state index < -0.39 is 46.2 Å². The Kier molecular flexibility index (Phi) is 15.8. The van der Waals surface area contributed by atoms with Gasteiger partial charge in [-0.1, -0.05) is 41.5 Å².